The lowest BCUT2D eigenvalue weighted by Gasteiger charge is -2.33. The van der Waals surface area contributed by atoms with Gasteiger partial charge in [0.25, 0.3) is 0 Å². The summed E-state index contributed by atoms with van der Waals surface area (Å²) in [7, 11) is 0. The van der Waals surface area contributed by atoms with Gasteiger partial charge < -0.3 is 11.1 Å². The molecule has 0 aromatic heterocycles. The molecule has 2 heterocycles. The first-order valence-corrected chi connectivity index (χ1v) is 7.50. The normalized spacial score (nSPS) is 29.9. The van der Waals surface area contributed by atoms with Crippen LogP contribution in [0.4, 0.5) is 0 Å². The molecule has 0 saturated carbocycles. The lowest BCUT2D eigenvalue weighted by atomic mass is 9.97. The van der Waals surface area contributed by atoms with Crippen LogP contribution in [0.15, 0.2) is 0 Å². The van der Waals surface area contributed by atoms with Crippen molar-refractivity contribution in [2.45, 2.75) is 57.5 Å². The fourth-order valence-corrected chi connectivity index (χ4v) is 3.42. The molecule has 0 spiro atoms. The molecule has 0 bridgehead atoms. The average molecular weight is 253 g/mol. The van der Waals surface area contributed by atoms with Gasteiger partial charge >= 0.3 is 0 Å². The van der Waals surface area contributed by atoms with Crippen LogP contribution in [-0.2, 0) is 4.79 Å². The van der Waals surface area contributed by atoms with E-state index in [1.165, 1.54) is 25.8 Å². The minimum absolute atomic E-state index is 0.00707. The van der Waals surface area contributed by atoms with Gasteiger partial charge in [-0.25, -0.2) is 0 Å². The number of piperidine rings is 1. The molecule has 0 aromatic rings. The molecule has 104 valence electrons. The van der Waals surface area contributed by atoms with Crippen LogP contribution in [0, 0.1) is 5.92 Å². The van der Waals surface area contributed by atoms with Gasteiger partial charge in [-0.05, 0) is 32.2 Å². The number of hydrogen-bond donors (Lipinski definition) is 2. The van der Waals surface area contributed by atoms with E-state index in [1.54, 1.807) is 0 Å². The molecular weight excluding hydrogens is 226 g/mol. The standard InChI is InChI=1S/C14H27N3O/c1-2-5-11(10-15)14(18)16-12-7-9-17-8-4-3-6-13(12)17/h11-13H,2-10,15H2,1H3,(H,16,18). The number of hydrogen-bond acceptors (Lipinski definition) is 3. The Kier molecular flexibility index (Phi) is 5.01. The van der Waals surface area contributed by atoms with E-state index in [-0.39, 0.29) is 11.8 Å². The molecule has 4 heteroatoms. The van der Waals surface area contributed by atoms with Crippen molar-refractivity contribution in [2.75, 3.05) is 19.6 Å². The molecule has 2 saturated heterocycles. The van der Waals surface area contributed by atoms with Gasteiger partial charge in [-0.3, -0.25) is 9.69 Å². The highest BCUT2D eigenvalue weighted by Gasteiger charge is 2.36. The van der Waals surface area contributed by atoms with E-state index in [1.807, 2.05) is 0 Å². The summed E-state index contributed by atoms with van der Waals surface area (Å²) in [4.78, 5) is 14.7. The molecule has 0 aromatic carbocycles. The van der Waals surface area contributed by atoms with Crippen molar-refractivity contribution in [1.82, 2.24) is 10.2 Å². The topological polar surface area (TPSA) is 58.4 Å². The van der Waals surface area contributed by atoms with Gasteiger partial charge in [0, 0.05) is 25.2 Å². The smallest absolute Gasteiger partial charge is 0.224 e. The van der Waals surface area contributed by atoms with Crippen LogP contribution >= 0.6 is 0 Å². The second kappa shape index (κ2) is 6.53. The predicted molar refractivity (Wildman–Crippen MR) is 73.2 cm³/mol. The van der Waals surface area contributed by atoms with E-state index >= 15 is 0 Å². The van der Waals surface area contributed by atoms with E-state index in [4.69, 9.17) is 5.73 Å². The minimum Gasteiger partial charge on any atom is -0.351 e. The van der Waals surface area contributed by atoms with Gasteiger partial charge in [0.05, 0.1) is 5.92 Å². The summed E-state index contributed by atoms with van der Waals surface area (Å²) in [6.45, 7) is 4.94. The van der Waals surface area contributed by atoms with Gasteiger partial charge in [0.2, 0.25) is 5.91 Å². The second-order valence-corrected chi connectivity index (χ2v) is 5.72. The number of amides is 1. The minimum atomic E-state index is 0.00707. The highest BCUT2D eigenvalue weighted by Crippen LogP contribution is 2.27. The van der Waals surface area contributed by atoms with Crippen molar-refractivity contribution in [3.05, 3.63) is 0 Å². The Morgan fingerprint density at radius 2 is 2.22 bits per heavy atom. The van der Waals surface area contributed by atoms with Gasteiger partial charge in [0.1, 0.15) is 0 Å². The van der Waals surface area contributed by atoms with Gasteiger partial charge in [-0.1, -0.05) is 19.8 Å². The van der Waals surface area contributed by atoms with E-state index in [0.717, 1.165) is 25.8 Å². The molecule has 0 aliphatic carbocycles. The number of rotatable bonds is 5. The first kappa shape index (κ1) is 13.8. The van der Waals surface area contributed by atoms with Crippen molar-refractivity contribution in [1.29, 1.82) is 0 Å². The summed E-state index contributed by atoms with van der Waals surface area (Å²) < 4.78 is 0. The van der Waals surface area contributed by atoms with Crippen molar-refractivity contribution in [3.63, 3.8) is 0 Å². The number of carbonyl (C=O) groups excluding carboxylic acids is 1. The van der Waals surface area contributed by atoms with E-state index in [2.05, 4.69) is 17.1 Å². The molecule has 2 aliphatic heterocycles. The summed E-state index contributed by atoms with van der Waals surface area (Å²) in [6.07, 6.45) is 6.91. The Bertz CT molecular complexity index is 282. The average Bonchev–Trinajstić information content (AvgIpc) is 2.79. The fourth-order valence-electron chi connectivity index (χ4n) is 3.42. The molecule has 18 heavy (non-hydrogen) atoms. The van der Waals surface area contributed by atoms with Crippen LogP contribution in [0.25, 0.3) is 0 Å². The first-order chi connectivity index (χ1) is 8.76. The zero-order valence-corrected chi connectivity index (χ0v) is 11.5. The summed E-state index contributed by atoms with van der Waals surface area (Å²) in [6, 6.07) is 0.950. The molecule has 1 amide bonds. The van der Waals surface area contributed by atoms with Crippen LogP contribution < -0.4 is 11.1 Å². The maximum Gasteiger partial charge on any atom is 0.224 e. The van der Waals surface area contributed by atoms with Crippen molar-refractivity contribution >= 4 is 5.91 Å². The Hall–Kier alpha value is -0.610. The lowest BCUT2D eigenvalue weighted by Crippen LogP contribution is -2.49. The number of nitrogens with two attached hydrogens (primary N) is 1. The van der Waals surface area contributed by atoms with E-state index < -0.39 is 0 Å². The second-order valence-electron chi connectivity index (χ2n) is 5.72. The molecule has 2 aliphatic rings. The molecule has 3 atom stereocenters. The van der Waals surface area contributed by atoms with E-state index in [9.17, 15) is 4.79 Å². The first-order valence-electron chi connectivity index (χ1n) is 7.50. The molecular formula is C14H27N3O. The molecule has 3 unspecified atom stereocenters. The highest BCUT2D eigenvalue weighted by molar-refractivity contribution is 5.79. The van der Waals surface area contributed by atoms with Gasteiger partial charge in [0.15, 0.2) is 0 Å². The summed E-state index contributed by atoms with van der Waals surface area (Å²) >= 11 is 0. The molecule has 2 rings (SSSR count). The van der Waals surface area contributed by atoms with Crippen LogP contribution in [0.3, 0.4) is 0 Å². The highest BCUT2D eigenvalue weighted by atomic mass is 16.2. The third-order valence-electron chi connectivity index (χ3n) is 4.48. The Balaban J connectivity index is 1.87. The third-order valence-corrected chi connectivity index (χ3v) is 4.48. The maximum absolute atomic E-state index is 12.2. The summed E-state index contributed by atoms with van der Waals surface area (Å²) in [5.41, 5.74) is 5.69. The molecule has 2 fully saturated rings. The SMILES string of the molecule is CCCC(CN)C(=O)NC1CCN2CCCCC12. The van der Waals surface area contributed by atoms with Gasteiger partial charge in [-0.2, -0.15) is 0 Å². The van der Waals surface area contributed by atoms with Crippen molar-refractivity contribution in [3.8, 4) is 0 Å². The van der Waals surface area contributed by atoms with Crippen LogP contribution in [-0.4, -0.2) is 42.5 Å². The van der Waals surface area contributed by atoms with Crippen molar-refractivity contribution < 1.29 is 4.79 Å². The number of nitrogens with one attached hydrogen (secondary N) is 1. The lowest BCUT2D eigenvalue weighted by molar-refractivity contribution is -0.125. The maximum atomic E-state index is 12.2. The quantitative estimate of drug-likeness (QED) is 0.771. The summed E-state index contributed by atoms with van der Waals surface area (Å²) in [5, 5.41) is 3.25. The van der Waals surface area contributed by atoms with Crippen LogP contribution in [0.1, 0.15) is 45.4 Å². The van der Waals surface area contributed by atoms with Gasteiger partial charge in [-0.15, -0.1) is 0 Å². The monoisotopic (exact) mass is 253 g/mol. The Labute approximate surface area is 110 Å². The number of nitrogens with zero attached hydrogens (tertiary/aromatic N) is 1. The third kappa shape index (κ3) is 3.04. The van der Waals surface area contributed by atoms with Crippen LogP contribution in [0.5, 0.6) is 0 Å². The fraction of sp³-hybridized carbons (Fsp3) is 0.929. The predicted octanol–water partition coefficient (Wildman–Crippen LogP) is 1.10. The molecule has 0 radical (unpaired) electrons. The van der Waals surface area contributed by atoms with E-state index in [0.29, 0.717) is 18.6 Å². The largest absolute Gasteiger partial charge is 0.351 e. The Morgan fingerprint density at radius 1 is 1.39 bits per heavy atom. The zero-order valence-electron chi connectivity index (χ0n) is 11.5. The molecule has 3 N–H and O–H groups in total. The number of carbonyl (C=O) groups is 1. The van der Waals surface area contributed by atoms with Crippen LogP contribution in [0.2, 0.25) is 0 Å². The zero-order chi connectivity index (χ0) is 13.0. The van der Waals surface area contributed by atoms with Crippen molar-refractivity contribution in [2.24, 2.45) is 11.7 Å². The summed E-state index contributed by atoms with van der Waals surface area (Å²) in [5.74, 6) is 0.185. The number of fused-ring (bicyclic) bond motifs is 1. The Morgan fingerprint density at radius 3 is 2.94 bits per heavy atom. The molecule has 4 nitrogen and oxygen atoms in total.